The highest BCUT2D eigenvalue weighted by atomic mass is 32.2. The Kier molecular flexibility index (Phi) is 3.32. The molecule has 0 spiro atoms. The molecule has 1 N–H and O–H groups in total. The second-order valence-electron chi connectivity index (χ2n) is 4.91. The fraction of sp³-hybridized carbons (Fsp3) is 0.462. The number of aromatic nitrogens is 2. The van der Waals surface area contributed by atoms with Crippen molar-refractivity contribution in [2.75, 3.05) is 5.75 Å². The van der Waals surface area contributed by atoms with E-state index in [0.717, 1.165) is 30.7 Å². The van der Waals surface area contributed by atoms with Crippen molar-refractivity contribution in [2.24, 2.45) is 0 Å². The van der Waals surface area contributed by atoms with Gasteiger partial charge in [0.2, 0.25) is 0 Å². The summed E-state index contributed by atoms with van der Waals surface area (Å²) in [6.07, 6.45) is -2.29. The first-order chi connectivity index (χ1) is 9.45. The van der Waals surface area contributed by atoms with Crippen molar-refractivity contribution < 1.29 is 13.2 Å². The zero-order chi connectivity index (χ0) is 14.3. The summed E-state index contributed by atoms with van der Waals surface area (Å²) in [4.78, 5) is 14.5. The molecule has 1 aliphatic heterocycles. The van der Waals surface area contributed by atoms with Gasteiger partial charge in [-0.3, -0.25) is 4.57 Å². The molecule has 1 aromatic heterocycles. The van der Waals surface area contributed by atoms with E-state index in [4.69, 9.17) is 0 Å². The number of nitrogens with one attached hydrogen (secondary N) is 1. The number of alkyl halides is 3. The van der Waals surface area contributed by atoms with Crippen LogP contribution in [0.2, 0.25) is 0 Å². The highest BCUT2D eigenvalue weighted by molar-refractivity contribution is 8.00. The summed E-state index contributed by atoms with van der Waals surface area (Å²) < 4.78 is 39.7. The molecule has 2 heterocycles. The zero-order valence-electron chi connectivity index (χ0n) is 10.5. The Labute approximate surface area is 117 Å². The third-order valence-electron chi connectivity index (χ3n) is 3.51. The molecule has 1 aromatic carbocycles. The third-order valence-corrected chi connectivity index (χ3v) is 4.89. The number of fused-ring (bicyclic) bond motifs is 1. The van der Waals surface area contributed by atoms with Gasteiger partial charge in [-0.1, -0.05) is 0 Å². The molecule has 7 heteroatoms. The van der Waals surface area contributed by atoms with Crippen molar-refractivity contribution in [3.05, 3.63) is 34.2 Å². The summed E-state index contributed by atoms with van der Waals surface area (Å²) in [7, 11) is 0. The predicted octanol–water partition coefficient (Wildman–Crippen LogP) is 3.24. The maximum atomic E-state index is 12.8. The smallest absolute Gasteiger partial charge is 0.306 e. The van der Waals surface area contributed by atoms with Crippen LogP contribution in [0.5, 0.6) is 0 Å². The van der Waals surface area contributed by atoms with E-state index < -0.39 is 11.7 Å². The summed E-state index contributed by atoms with van der Waals surface area (Å²) in [5.41, 5.74) is -0.285. The Morgan fingerprint density at radius 1 is 1.40 bits per heavy atom. The normalized spacial score (nSPS) is 19.9. The van der Waals surface area contributed by atoms with E-state index in [9.17, 15) is 18.0 Å². The first-order valence-electron chi connectivity index (χ1n) is 6.36. The quantitative estimate of drug-likeness (QED) is 0.925. The van der Waals surface area contributed by atoms with Crippen LogP contribution in [0, 0.1) is 0 Å². The van der Waals surface area contributed by atoms with Gasteiger partial charge in [0.25, 0.3) is 0 Å². The zero-order valence-corrected chi connectivity index (χ0v) is 11.4. The van der Waals surface area contributed by atoms with Gasteiger partial charge < -0.3 is 4.98 Å². The summed E-state index contributed by atoms with van der Waals surface area (Å²) in [6.45, 7) is 0.463. The number of nitrogens with zero attached hydrogens (tertiary/aromatic N) is 1. The van der Waals surface area contributed by atoms with Crippen molar-refractivity contribution in [3.8, 4) is 0 Å². The molecule has 1 aliphatic rings. The molecule has 0 amide bonds. The van der Waals surface area contributed by atoms with Gasteiger partial charge in [0, 0.05) is 11.8 Å². The number of rotatable bonds is 2. The van der Waals surface area contributed by atoms with E-state index in [1.54, 1.807) is 11.8 Å². The largest absolute Gasteiger partial charge is 0.416 e. The molecule has 0 radical (unpaired) electrons. The van der Waals surface area contributed by atoms with E-state index in [-0.39, 0.29) is 5.69 Å². The second-order valence-corrected chi connectivity index (χ2v) is 6.31. The lowest BCUT2D eigenvalue weighted by Gasteiger charge is -2.11. The number of halogens is 3. The van der Waals surface area contributed by atoms with Gasteiger partial charge in [0.15, 0.2) is 0 Å². The molecule has 3 rings (SSSR count). The van der Waals surface area contributed by atoms with Gasteiger partial charge in [0.05, 0.1) is 16.6 Å². The lowest BCUT2D eigenvalue weighted by Crippen LogP contribution is -2.22. The Hall–Kier alpha value is -1.37. The summed E-state index contributed by atoms with van der Waals surface area (Å²) in [5.74, 6) is 1.05. The highest BCUT2D eigenvalue weighted by Crippen LogP contribution is 2.32. The van der Waals surface area contributed by atoms with E-state index in [1.807, 2.05) is 0 Å². The SMILES string of the molecule is O=c1[nH]c2ccc(C(F)(F)F)cc2n1CC1CCCS1. The number of hydrogen-bond donors (Lipinski definition) is 1. The molecular weight excluding hydrogens is 289 g/mol. The molecule has 108 valence electrons. The van der Waals surface area contributed by atoms with Crippen molar-refractivity contribution in [3.63, 3.8) is 0 Å². The van der Waals surface area contributed by atoms with Crippen LogP contribution >= 0.6 is 11.8 Å². The molecule has 0 bridgehead atoms. The molecule has 1 atom stereocenters. The second kappa shape index (κ2) is 4.87. The number of aromatic amines is 1. The predicted molar refractivity (Wildman–Crippen MR) is 73.0 cm³/mol. The van der Waals surface area contributed by atoms with Gasteiger partial charge >= 0.3 is 11.9 Å². The topological polar surface area (TPSA) is 37.8 Å². The van der Waals surface area contributed by atoms with Crippen molar-refractivity contribution in [1.29, 1.82) is 0 Å². The summed E-state index contributed by atoms with van der Waals surface area (Å²) >= 11 is 1.77. The highest BCUT2D eigenvalue weighted by Gasteiger charge is 2.31. The first kappa shape index (κ1) is 13.6. The Bertz CT molecular complexity index is 683. The Morgan fingerprint density at radius 2 is 2.20 bits per heavy atom. The molecule has 20 heavy (non-hydrogen) atoms. The fourth-order valence-corrected chi connectivity index (χ4v) is 3.76. The fourth-order valence-electron chi connectivity index (χ4n) is 2.50. The van der Waals surface area contributed by atoms with Crippen LogP contribution in [-0.4, -0.2) is 20.6 Å². The molecule has 1 saturated heterocycles. The van der Waals surface area contributed by atoms with Crippen LogP contribution < -0.4 is 5.69 Å². The van der Waals surface area contributed by atoms with Crippen LogP contribution in [0.3, 0.4) is 0 Å². The Morgan fingerprint density at radius 3 is 2.85 bits per heavy atom. The number of benzene rings is 1. The van der Waals surface area contributed by atoms with E-state index >= 15 is 0 Å². The average molecular weight is 302 g/mol. The van der Waals surface area contributed by atoms with Crippen LogP contribution in [0.1, 0.15) is 18.4 Å². The van der Waals surface area contributed by atoms with Crippen LogP contribution in [-0.2, 0) is 12.7 Å². The molecule has 3 nitrogen and oxygen atoms in total. The van der Waals surface area contributed by atoms with Gasteiger partial charge in [0.1, 0.15) is 0 Å². The van der Waals surface area contributed by atoms with Crippen molar-refractivity contribution >= 4 is 22.8 Å². The van der Waals surface area contributed by atoms with E-state index in [2.05, 4.69) is 4.98 Å². The lowest BCUT2D eigenvalue weighted by molar-refractivity contribution is -0.137. The maximum absolute atomic E-state index is 12.8. The van der Waals surface area contributed by atoms with Gasteiger partial charge in [-0.05, 0) is 36.8 Å². The van der Waals surface area contributed by atoms with Crippen molar-refractivity contribution in [2.45, 2.75) is 30.8 Å². The monoisotopic (exact) mass is 302 g/mol. The standard InChI is InChI=1S/C13H13F3N2OS/c14-13(15,16)8-3-4-10-11(6-8)18(12(19)17-10)7-9-2-1-5-20-9/h3-4,6,9H,1-2,5,7H2,(H,17,19). The number of thioether (sulfide) groups is 1. The molecular formula is C13H13F3N2OS. The summed E-state index contributed by atoms with van der Waals surface area (Å²) in [6, 6.07) is 3.36. The van der Waals surface area contributed by atoms with E-state index in [1.165, 1.54) is 10.6 Å². The maximum Gasteiger partial charge on any atom is 0.416 e. The third kappa shape index (κ3) is 2.46. The lowest BCUT2D eigenvalue weighted by atomic mass is 10.2. The van der Waals surface area contributed by atoms with Crippen LogP contribution in [0.15, 0.2) is 23.0 Å². The minimum atomic E-state index is -4.39. The molecule has 1 fully saturated rings. The molecule has 2 aromatic rings. The average Bonchev–Trinajstić information content (AvgIpc) is 2.97. The van der Waals surface area contributed by atoms with Crippen LogP contribution in [0.25, 0.3) is 11.0 Å². The number of imidazole rings is 1. The minimum Gasteiger partial charge on any atom is -0.306 e. The van der Waals surface area contributed by atoms with Crippen molar-refractivity contribution in [1.82, 2.24) is 9.55 Å². The minimum absolute atomic E-state index is 0.307. The Balaban J connectivity index is 2.05. The first-order valence-corrected chi connectivity index (χ1v) is 7.41. The number of hydrogen-bond acceptors (Lipinski definition) is 2. The van der Waals surface area contributed by atoms with Gasteiger partial charge in [-0.25, -0.2) is 4.79 Å². The molecule has 1 unspecified atom stereocenters. The van der Waals surface area contributed by atoms with E-state index in [0.29, 0.717) is 22.8 Å². The van der Waals surface area contributed by atoms with Gasteiger partial charge in [-0.15, -0.1) is 0 Å². The number of H-pyrrole nitrogens is 1. The van der Waals surface area contributed by atoms with Gasteiger partial charge in [-0.2, -0.15) is 24.9 Å². The van der Waals surface area contributed by atoms with Crippen LogP contribution in [0.4, 0.5) is 13.2 Å². The molecule has 0 aliphatic carbocycles. The molecule has 0 saturated carbocycles. The summed E-state index contributed by atoms with van der Waals surface area (Å²) in [5, 5.41) is 0.307.